The van der Waals surface area contributed by atoms with Gasteiger partial charge in [-0.25, -0.2) is 8.78 Å². The molecule has 2 saturated carbocycles. The van der Waals surface area contributed by atoms with E-state index in [1.54, 1.807) is 0 Å². The number of hydrogen-bond donors (Lipinski definition) is 0. The van der Waals surface area contributed by atoms with Crippen LogP contribution in [0.15, 0.2) is 24.3 Å². The fraction of sp³-hybridized carbons (Fsp3) is 0.692. The molecule has 0 nitrogen and oxygen atoms in total. The van der Waals surface area contributed by atoms with Gasteiger partial charge in [0.25, 0.3) is 0 Å². The maximum absolute atomic E-state index is 13.8. The highest BCUT2D eigenvalue weighted by Crippen LogP contribution is 2.43. The van der Waals surface area contributed by atoms with Crippen molar-refractivity contribution < 1.29 is 22.0 Å². The quantitative estimate of drug-likeness (QED) is 0.292. The van der Waals surface area contributed by atoms with Gasteiger partial charge in [0.15, 0.2) is 0 Å². The number of allylic oxidation sites excluding steroid dienone is 2. The second-order valence-corrected chi connectivity index (χ2v) is 9.65. The van der Waals surface area contributed by atoms with Gasteiger partial charge in [-0.2, -0.15) is 13.2 Å². The predicted octanol–water partition coefficient (Wildman–Crippen LogP) is 8.89. The van der Waals surface area contributed by atoms with Crippen LogP contribution in [0.25, 0.3) is 0 Å². The molecule has 0 radical (unpaired) electrons. The average Bonchev–Trinajstić information content (AvgIpc) is 2.72. The monoisotopic (exact) mass is 442 g/mol. The molecule has 0 aliphatic heterocycles. The summed E-state index contributed by atoms with van der Waals surface area (Å²) in [6, 6.07) is 1.71. The Hall–Kier alpha value is -1.39. The first-order valence-electron chi connectivity index (χ1n) is 12.0. The number of hydrogen-bond acceptors (Lipinski definition) is 0. The van der Waals surface area contributed by atoms with E-state index in [0.29, 0.717) is 17.9 Å². The average molecular weight is 443 g/mol. The number of rotatable bonds is 7. The van der Waals surface area contributed by atoms with E-state index in [9.17, 15) is 22.0 Å². The lowest BCUT2D eigenvalue weighted by Gasteiger charge is -2.38. The van der Waals surface area contributed by atoms with E-state index in [1.807, 2.05) is 0 Å². The van der Waals surface area contributed by atoms with E-state index in [-0.39, 0.29) is 0 Å². The third kappa shape index (κ3) is 6.79. The molecule has 0 unspecified atom stereocenters. The molecule has 0 spiro atoms. The minimum absolute atomic E-state index is 0.320. The van der Waals surface area contributed by atoms with E-state index in [2.05, 4.69) is 19.1 Å². The molecule has 1 aromatic carbocycles. The maximum Gasteiger partial charge on any atom is 0.422 e. The van der Waals surface area contributed by atoms with Gasteiger partial charge in [0.1, 0.15) is 17.2 Å². The molecule has 5 heteroatoms. The number of aryl methyl sites for hydroxylation is 1. The summed E-state index contributed by atoms with van der Waals surface area (Å²) in [5, 5.41) is 0. The number of halogens is 5. The van der Waals surface area contributed by atoms with E-state index in [1.165, 1.54) is 44.9 Å². The summed E-state index contributed by atoms with van der Waals surface area (Å²) in [6.45, 7) is 2.17. The highest BCUT2D eigenvalue weighted by atomic mass is 19.4. The molecule has 2 aliphatic rings. The Balaban J connectivity index is 1.42. The van der Waals surface area contributed by atoms with Crippen LogP contribution >= 0.6 is 0 Å². The smallest absolute Gasteiger partial charge is 0.206 e. The van der Waals surface area contributed by atoms with Gasteiger partial charge in [0, 0.05) is 0 Å². The van der Waals surface area contributed by atoms with E-state index < -0.39 is 23.4 Å². The van der Waals surface area contributed by atoms with Crippen molar-refractivity contribution in [2.45, 2.75) is 90.1 Å². The van der Waals surface area contributed by atoms with Crippen molar-refractivity contribution in [1.29, 1.82) is 0 Å². The highest BCUT2D eigenvalue weighted by molar-refractivity contribution is 5.28. The normalized spacial score (nSPS) is 27.7. The summed E-state index contributed by atoms with van der Waals surface area (Å²) in [7, 11) is 0. The second-order valence-electron chi connectivity index (χ2n) is 9.65. The van der Waals surface area contributed by atoms with Crippen LogP contribution in [0.3, 0.4) is 0 Å². The summed E-state index contributed by atoms with van der Waals surface area (Å²) in [6.07, 6.45) is 13.2. The SMILES string of the molecule is CC/C=C/C[C@H]1CC[C@H]([C@H]2CC[C@H](CCc3cc(F)c(C(F)(F)F)c(F)c3)CC2)CC1. The standard InChI is InChI=1S/C26H35F5/c1-2-3-4-5-18-8-12-21(13-9-18)22-14-10-19(11-15-22)6-7-20-16-23(27)25(24(28)17-20)26(29,30)31/h3-4,16-19,21-22H,2,5-15H2,1H3/b4-3+/t18-,19-,21-,22-. The molecule has 0 saturated heterocycles. The summed E-state index contributed by atoms with van der Waals surface area (Å²) in [5.74, 6) is -0.0334. The van der Waals surface area contributed by atoms with Crippen LogP contribution in [-0.4, -0.2) is 0 Å². The minimum Gasteiger partial charge on any atom is -0.206 e. The Kier molecular flexibility index (Phi) is 8.58. The van der Waals surface area contributed by atoms with Gasteiger partial charge in [-0.3, -0.25) is 0 Å². The third-order valence-corrected chi connectivity index (χ3v) is 7.55. The Morgan fingerprint density at radius 1 is 0.806 bits per heavy atom. The molecule has 31 heavy (non-hydrogen) atoms. The molecular weight excluding hydrogens is 407 g/mol. The topological polar surface area (TPSA) is 0 Å². The molecule has 1 aromatic rings. The van der Waals surface area contributed by atoms with Crippen LogP contribution < -0.4 is 0 Å². The van der Waals surface area contributed by atoms with Crippen molar-refractivity contribution in [1.82, 2.24) is 0 Å². The first-order chi connectivity index (χ1) is 14.8. The van der Waals surface area contributed by atoms with Gasteiger partial charge in [-0.1, -0.05) is 31.9 Å². The Bertz CT molecular complexity index is 697. The lowest BCUT2D eigenvalue weighted by atomic mass is 9.68. The zero-order chi connectivity index (χ0) is 22.4. The van der Waals surface area contributed by atoms with Gasteiger partial charge in [0.2, 0.25) is 0 Å². The Labute approximate surface area is 183 Å². The second kappa shape index (κ2) is 11.0. The third-order valence-electron chi connectivity index (χ3n) is 7.55. The summed E-state index contributed by atoms with van der Waals surface area (Å²) >= 11 is 0. The lowest BCUT2D eigenvalue weighted by Crippen LogP contribution is -2.26. The molecule has 0 heterocycles. The zero-order valence-corrected chi connectivity index (χ0v) is 18.5. The van der Waals surface area contributed by atoms with Crippen molar-refractivity contribution in [3.63, 3.8) is 0 Å². The van der Waals surface area contributed by atoms with Crippen LogP contribution in [0.2, 0.25) is 0 Å². The molecule has 0 aromatic heterocycles. The Morgan fingerprint density at radius 2 is 1.32 bits per heavy atom. The van der Waals surface area contributed by atoms with Gasteiger partial charge >= 0.3 is 6.18 Å². The molecule has 2 aliphatic carbocycles. The first kappa shape index (κ1) is 24.3. The van der Waals surface area contributed by atoms with Crippen LogP contribution in [0.4, 0.5) is 22.0 Å². The lowest BCUT2D eigenvalue weighted by molar-refractivity contribution is -0.142. The molecule has 0 N–H and O–H groups in total. The molecular formula is C26H35F5. The largest absolute Gasteiger partial charge is 0.422 e. The van der Waals surface area contributed by atoms with Crippen molar-refractivity contribution in [3.05, 3.63) is 47.0 Å². The predicted molar refractivity (Wildman–Crippen MR) is 115 cm³/mol. The molecule has 0 atom stereocenters. The summed E-state index contributed by atoms with van der Waals surface area (Å²) in [4.78, 5) is 0. The van der Waals surface area contributed by atoms with Crippen molar-refractivity contribution in [3.8, 4) is 0 Å². The number of alkyl halides is 3. The van der Waals surface area contributed by atoms with E-state index in [0.717, 1.165) is 55.6 Å². The summed E-state index contributed by atoms with van der Waals surface area (Å²) < 4.78 is 65.7. The van der Waals surface area contributed by atoms with Gasteiger partial charge < -0.3 is 0 Å². The maximum atomic E-state index is 13.8. The number of benzene rings is 1. The van der Waals surface area contributed by atoms with E-state index >= 15 is 0 Å². The Morgan fingerprint density at radius 3 is 1.81 bits per heavy atom. The minimum atomic E-state index is -5.00. The fourth-order valence-corrected chi connectivity index (χ4v) is 5.71. The summed E-state index contributed by atoms with van der Waals surface area (Å²) in [5.41, 5.74) is -1.46. The van der Waals surface area contributed by atoms with Crippen molar-refractivity contribution >= 4 is 0 Å². The van der Waals surface area contributed by atoms with E-state index in [4.69, 9.17) is 0 Å². The molecule has 0 amide bonds. The molecule has 3 rings (SSSR count). The van der Waals surface area contributed by atoms with Gasteiger partial charge in [-0.05, 0) is 106 Å². The van der Waals surface area contributed by atoms with Gasteiger partial charge in [-0.15, -0.1) is 0 Å². The van der Waals surface area contributed by atoms with Gasteiger partial charge in [0.05, 0.1) is 0 Å². The molecule has 0 bridgehead atoms. The zero-order valence-electron chi connectivity index (χ0n) is 18.5. The van der Waals surface area contributed by atoms with Crippen LogP contribution in [0.5, 0.6) is 0 Å². The van der Waals surface area contributed by atoms with Crippen LogP contribution in [0, 0.1) is 35.3 Å². The fourth-order valence-electron chi connectivity index (χ4n) is 5.71. The van der Waals surface area contributed by atoms with Crippen LogP contribution in [-0.2, 0) is 12.6 Å². The first-order valence-corrected chi connectivity index (χ1v) is 12.0. The molecule has 174 valence electrons. The van der Waals surface area contributed by atoms with Crippen molar-refractivity contribution in [2.75, 3.05) is 0 Å². The van der Waals surface area contributed by atoms with Crippen molar-refractivity contribution in [2.24, 2.45) is 23.7 Å². The van der Waals surface area contributed by atoms with Crippen LogP contribution in [0.1, 0.15) is 88.7 Å². The highest BCUT2D eigenvalue weighted by Gasteiger charge is 2.38. The molecule has 2 fully saturated rings.